The summed E-state index contributed by atoms with van der Waals surface area (Å²) in [7, 11) is 0. The molecule has 1 saturated carbocycles. The summed E-state index contributed by atoms with van der Waals surface area (Å²) in [5, 5.41) is 7.77. The first kappa shape index (κ1) is 21.3. The molecule has 168 valence electrons. The molecule has 1 fully saturated rings. The molecule has 7 heteroatoms. The Labute approximate surface area is 193 Å². The van der Waals surface area contributed by atoms with E-state index in [4.69, 9.17) is 0 Å². The second kappa shape index (κ2) is 9.50. The van der Waals surface area contributed by atoms with Crippen LogP contribution >= 0.6 is 0 Å². The summed E-state index contributed by atoms with van der Waals surface area (Å²) < 4.78 is 0. The van der Waals surface area contributed by atoms with Gasteiger partial charge in [-0.1, -0.05) is 30.3 Å². The van der Waals surface area contributed by atoms with E-state index in [9.17, 15) is 4.79 Å². The number of carbonyl (C=O) groups excluding carboxylic acids is 1. The van der Waals surface area contributed by atoms with Crippen molar-refractivity contribution >= 4 is 17.7 Å². The van der Waals surface area contributed by atoms with Gasteiger partial charge < -0.3 is 10.3 Å². The molecule has 0 saturated heterocycles. The van der Waals surface area contributed by atoms with Gasteiger partial charge in [0.25, 0.3) is 5.91 Å². The molecule has 0 atom stereocenters. The molecule has 2 aromatic heterocycles. The Hall–Kier alpha value is -3.58. The molecule has 3 N–H and O–H groups in total. The highest BCUT2D eigenvalue weighted by Gasteiger charge is 2.32. The monoisotopic (exact) mass is 440 g/mol. The number of aryl methyl sites for hydroxylation is 1. The van der Waals surface area contributed by atoms with Gasteiger partial charge in [0.2, 0.25) is 0 Å². The Balaban J connectivity index is 1.32. The number of aromatic amines is 1. The van der Waals surface area contributed by atoms with Crippen LogP contribution < -0.4 is 10.7 Å². The van der Waals surface area contributed by atoms with E-state index in [0.29, 0.717) is 17.2 Å². The molecule has 2 aliphatic rings. The number of hydrazone groups is 1. The van der Waals surface area contributed by atoms with Crippen molar-refractivity contribution in [3.8, 4) is 0 Å². The molecule has 0 radical (unpaired) electrons. The molecule has 1 aliphatic carbocycles. The average molecular weight is 441 g/mol. The summed E-state index contributed by atoms with van der Waals surface area (Å²) >= 11 is 0. The van der Waals surface area contributed by atoms with Gasteiger partial charge in [-0.3, -0.25) is 4.79 Å². The Bertz CT molecular complexity index is 1190. The van der Waals surface area contributed by atoms with Crippen LogP contribution in [0.2, 0.25) is 0 Å². The van der Waals surface area contributed by atoms with Gasteiger partial charge in [-0.05, 0) is 67.8 Å². The molecular weight excluding hydrogens is 412 g/mol. The molecular formula is C26H28N6O. The highest BCUT2D eigenvalue weighted by molar-refractivity contribution is 6.33. The summed E-state index contributed by atoms with van der Waals surface area (Å²) in [5.41, 5.74) is 10.7. The number of amides is 1. The summed E-state index contributed by atoms with van der Waals surface area (Å²) in [5.74, 6) is 0.369. The summed E-state index contributed by atoms with van der Waals surface area (Å²) in [6, 6.07) is 10.5. The minimum absolute atomic E-state index is 0.200. The van der Waals surface area contributed by atoms with Crippen LogP contribution in [0.4, 0.5) is 0 Å². The lowest BCUT2D eigenvalue weighted by molar-refractivity contribution is -0.116. The maximum Gasteiger partial charge on any atom is 0.273 e. The standard InChI is InChI=1S/C26H28N6O/c1-17-21(8-5-11-27-13-18-6-3-2-4-7-18)24(19-9-10-19)23(30-17)12-22-25(31-32-26(22)33)20-14-28-16-29-15-20/h2-4,6-7,12,14-16,19,27,30H,5,8-11,13H2,1H3,(H,32,33). The van der Waals surface area contributed by atoms with Crippen LogP contribution in [0.15, 0.2) is 59.7 Å². The Morgan fingerprint density at radius 3 is 2.70 bits per heavy atom. The van der Waals surface area contributed by atoms with Gasteiger partial charge in [-0.15, -0.1) is 0 Å². The summed E-state index contributed by atoms with van der Waals surface area (Å²) in [4.78, 5) is 24.2. The van der Waals surface area contributed by atoms with E-state index in [2.05, 4.69) is 62.0 Å². The number of hydrogen-bond donors (Lipinski definition) is 3. The van der Waals surface area contributed by atoms with Gasteiger partial charge in [0, 0.05) is 35.9 Å². The zero-order valence-electron chi connectivity index (χ0n) is 18.8. The second-order valence-electron chi connectivity index (χ2n) is 8.68. The van der Waals surface area contributed by atoms with Crippen molar-refractivity contribution in [1.29, 1.82) is 0 Å². The van der Waals surface area contributed by atoms with Crippen molar-refractivity contribution in [1.82, 2.24) is 25.7 Å². The Kier molecular flexibility index (Phi) is 6.13. The van der Waals surface area contributed by atoms with Gasteiger partial charge in [0.05, 0.1) is 5.57 Å². The summed E-state index contributed by atoms with van der Waals surface area (Å²) in [6.07, 6.45) is 11.3. The second-order valence-corrected chi connectivity index (χ2v) is 8.68. The van der Waals surface area contributed by atoms with Crippen LogP contribution in [-0.4, -0.2) is 33.1 Å². The fourth-order valence-corrected chi connectivity index (χ4v) is 4.46. The SMILES string of the molecule is Cc1[nH]c(C=C2C(=O)NN=C2c2cncnc2)c(C2CC2)c1CCCNCc1ccccc1. The quantitative estimate of drug-likeness (QED) is 0.350. The van der Waals surface area contributed by atoms with Crippen LogP contribution in [0.1, 0.15) is 58.8 Å². The van der Waals surface area contributed by atoms with Gasteiger partial charge in [-0.25, -0.2) is 15.4 Å². The third kappa shape index (κ3) is 4.78. The van der Waals surface area contributed by atoms with Crippen molar-refractivity contribution in [3.63, 3.8) is 0 Å². The topological polar surface area (TPSA) is 95.1 Å². The molecule has 0 unspecified atom stereocenters. The van der Waals surface area contributed by atoms with Crippen LogP contribution in [0, 0.1) is 6.92 Å². The predicted molar refractivity (Wildman–Crippen MR) is 129 cm³/mol. The largest absolute Gasteiger partial charge is 0.359 e. The normalized spacial score (nSPS) is 16.8. The van der Waals surface area contributed by atoms with Gasteiger partial charge >= 0.3 is 0 Å². The number of aromatic nitrogens is 3. The van der Waals surface area contributed by atoms with E-state index in [1.54, 1.807) is 12.4 Å². The minimum atomic E-state index is -0.200. The third-order valence-electron chi connectivity index (χ3n) is 6.22. The fraction of sp³-hybridized carbons (Fsp3) is 0.308. The highest BCUT2D eigenvalue weighted by Crippen LogP contribution is 2.45. The first-order valence-electron chi connectivity index (χ1n) is 11.5. The van der Waals surface area contributed by atoms with Gasteiger partial charge in [0.15, 0.2) is 0 Å². The molecule has 0 spiro atoms. The van der Waals surface area contributed by atoms with Crippen LogP contribution in [0.3, 0.4) is 0 Å². The Morgan fingerprint density at radius 2 is 1.94 bits per heavy atom. The number of H-pyrrole nitrogens is 1. The third-order valence-corrected chi connectivity index (χ3v) is 6.22. The van der Waals surface area contributed by atoms with Gasteiger partial charge in [0.1, 0.15) is 12.0 Å². The lowest BCUT2D eigenvalue weighted by Crippen LogP contribution is -2.15. The smallest absolute Gasteiger partial charge is 0.273 e. The number of carbonyl (C=O) groups is 1. The van der Waals surface area contributed by atoms with E-state index in [-0.39, 0.29) is 5.91 Å². The predicted octanol–water partition coefficient (Wildman–Crippen LogP) is 3.63. The van der Waals surface area contributed by atoms with E-state index in [1.807, 2.05) is 12.1 Å². The maximum absolute atomic E-state index is 12.6. The number of benzene rings is 1. The highest BCUT2D eigenvalue weighted by atomic mass is 16.2. The maximum atomic E-state index is 12.6. The molecule has 0 bridgehead atoms. The van der Waals surface area contributed by atoms with E-state index >= 15 is 0 Å². The lowest BCUT2D eigenvalue weighted by atomic mass is 9.97. The van der Waals surface area contributed by atoms with E-state index in [1.165, 1.54) is 41.6 Å². The molecule has 1 aliphatic heterocycles. The van der Waals surface area contributed by atoms with E-state index in [0.717, 1.165) is 37.2 Å². The van der Waals surface area contributed by atoms with E-state index < -0.39 is 0 Å². The number of nitrogens with one attached hydrogen (secondary N) is 3. The first-order valence-corrected chi connectivity index (χ1v) is 11.5. The van der Waals surface area contributed by atoms with Crippen molar-refractivity contribution in [3.05, 3.63) is 88.3 Å². The van der Waals surface area contributed by atoms with Crippen molar-refractivity contribution in [2.24, 2.45) is 5.10 Å². The Morgan fingerprint density at radius 1 is 1.15 bits per heavy atom. The fourth-order valence-electron chi connectivity index (χ4n) is 4.46. The molecule has 3 heterocycles. The first-order chi connectivity index (χ1) is 16.2. The summed E-state index contributed by atoms with van der Waals surface area (Å²) in [6.45, 7) is 3.99. The van der Waals surface area contributed by atoms with Crippen LogP contribution in [0.5, 0.6) is 0 Å². The lowest BCUT2D eigenvalue weighted by Gasteiger charge is -2.08. The number of rotatable bonds is 9. The van der Waals surface area contributed by atoms with Crippen molar-refractivity contribution in [2.45, 2.75) is 45.1 Å². The molecule has 3 aromatic rings. The molecule has 33 heavy (non-hydrogen) atoms. The molecule has 1 amide bonds. The zero-order chi connectivity index (χ0) is 22.6. The van der Waals surface area contributed by atoms with Crippen LogP contribution in [-0.2, 0) is 17.8 Å². The molecule has 5 rings (SSSR count). The minimum Gasteiger partial charge on any atom is -0.359 e. The molecule has 1 aromatic carbocycles. The number of nitrogens with zero attached hydrogens (tertiary/aromatic N) is 3. The van der Waals surface area contributed by atoms with Gasteiger partial charge in [-0.2, -0.15) is 5.10 Å². The van der Waals surface area contributed by atoms with Crippen molar-refractivity contribution in [2.75, 3.05) is 6.54 Å². The average Bonchev–Trinajstić information content (AvgIpc) is 3.55. The van der Waals surface area contributed by atoms with Crippen LogP contribution in [0.25, 0.3) is 6.08 Å². The van der Waals surface area contributed by atoms with Crippen molar-refractivity contribution < 1.29 is 4.79 Å². The molecule has 7 nitrogen and oxygen atoms in total. The zero-order valence-corrected chi connectivity index (χ0v) is 18.8. The number of hydrogen-bond acceptors (Lipinski definition) is 5.